The summed E-state index contributed by atoms with van der Waals surface area (Å²) in [6.45, 7) is 5.18. The zero-order valence-corrected chi connectivity index (χ0v) is 19.7. The van der Waals surface area contributed by atoms with Crippen molar-refractivity contribution >= 4 is 29.9 Å². The van der Waals surface area contributed by atoms with Crippen LogP contribution in [0, 0.1) is 0 Å². The second kappa shape index (κ2) is 11.5. The lowest BCUT2D eigenvalue weighted by atomic mass is 10.1. The number of nitrogens with zero attached hydrogens (tertiary/aromatic N) is 4. The second-order valence-corrected chi connectivity index (χ2v) is 7.52. The van der Waals surface area contributed by atoms with Crippen molar-refractivity contribution in [3.63, 3.8) is 0 Å². The number of hydrogen-bond donors (Lipinski definition) is 1. The number of aromatic nitrogens is 1. The molecule has 0 spiro atoms. The van der Waals surface area contributed by atoms with E-state index in [0.29, 0.717) is 0 Å². The van der Waals surface area contributed by atoms with Gasteiger partial charge in [-0.15, -0.1) is 24.0 Å². The zero-order chi connectivity index (χ0) is 19.1. The van der Waals surface area contributed by atoms with Crippen LogP contribution in [-0.2, 0) is 26.7 Å². The Bertz CT molecular complexity index is 732. The van der Waals surface area contributed by atoms with Crippen LogP contribution in [-0.4, -0.2) is 47.5 Å². The first-order valence-corrected chi connectivity index (χ1v) is 9.98. The number of aliphatic imine (C=N–C) groups is 1. The predicted molar refractivity (Wildman–Crippen MR) is 128 cm³/mol. The van der Waals surface area contributed by atoms with E-state index >= 15 is 0 Å². The summed E-state index contributed by atoms with van der Waals surface area (Å²) in [4.78, 5) is 9.14. The highest BCUT2D eigenvalue weighted by molar-refractivity contribution is 14.0. The average molecular weight is 495 g/mol. The molecule has 2 aromatic rings. The van der Waals surface area contributed by atoms with Crippen molar-refractivity contribution in [2.24, 2.45) is 12.0 Å². The monoisotopic (exact) mass is 495 g/mol. The number of nitrogens with one attached hydrogen (secondary N) is 1. The molecule has 1 fully saturated rings. The third-order valence-corrected chi connectivity index (χ3v) is 5.35. The third-order valence-electron chi connectivity index (χ3n) is 5.35. The average Bonchev–Trinajstić information content (AvgIpc) is 3.09. The van der Waals surface area contributed by atoms with Gasteiger partial charge in [0.25, 0.3) is 0 Å². The van der Waals surface area contributed by atoms with E-state index < -0.39 is 0 Å². The molecule has 0 unspecified atom stereocenters. The highest BCUT2D eigenvalue weighted by Crippen LogP contribution is 2.13. The lowest BCUT2D eigenvalue weighted by Crippen LogP contribution is -2.38. The van der Waals surface area contributed by atoms with Crippen molar-refractivity contribution in [3.8, 4) is 0 Å². The first-order chi connectivity index (χ1) is 13.2. The molecular weight excluding hydrogens is 461 g/mol. The van der Waals surface area contributed by atoms with Gasteiger partial charge in [-0.1, -0.05) is 30.7 Å². The van der Waals surface area contributed by atoms with Gasteiger partial charge < -0.3 is 14.8 Å². The number of guanidine groups is 1. The molecule has 1 saturated heterocycles. The normalized spacial score (nSPS) is 15.2. The molecule has 1 aliphatic heterocycles. The Labute approximate surface area is 186 Å². The number of halogens is 1. The van der Waals surface area contributed by atoms with Crippen LogP contribution in [0.5, 0.6) is 0 Å². The number of aryl methyl sites for hydroxylation is 1. The summed E-state index contributed by atoms with van der Waals surface area (Å²) in [6.07, 6.45) is 6.15. The highest BCUT2D eigenvalue weighted by Gasteiger charge is 2.11. The van der Waals surface area contributed by atoms with E-state index in [1.165, 1.54) is 49.2 Å². The van der Waals surface area contributed by atoms with Crippen molar-refractivity contribution in [2.45, 2.75) is 38.9 Å². The number of piperidine rings is 1. The maximum absolute atomic E-state index is 4.42. The van der Waals surface area contributed by atoms with Crippen LogP contribution in [0.1, 0.15) is 36.1 Å². The number of hydrogen-bond acceptors (Lipinski definition) is 2. The molecule has 28 heavy (non-hydrogen) atoms. The Morgan fingerprint density at radius 1 is 1.07 bits per heavy atom. The molecule has 0 bridgehead atoms. The molecule has 1 aromatic carbocycles. The van der Waals surface area contributed by atoms with E-state index in [-0.39, 0.29) is 24.0 Å². The van der Waals surface area contributed by atoms with Crippen molar-refractivity contribution in [1.82, 2.24) is 19.7 Å². The van der Waals surface area contributed by atoms with Crippen LogP contribution in [0.15, 0.2) is 47.6 Å². The second-order valence-electron chi connectivity index (χ2n) is 7.52. The van der Waals surface area contributed by atoms with Crippen LogP contribution in [0.4, 0.5) is 0 Å². The smallest absolute Gasteiger partial charge is 0.194 e. The molecular formula is C22H34IN5. The molecule has 5 nitrogen and oxygen atoms in total. The Morgan fingerprint density at radius 3 is 2.36 bits per heavy atom. The first kappa shape index (κ1) is 22.7. The largest absolute Gasteiger partial charge is 0.353 e. The maximum Gasteiger partial charge on any atom is 0.194 e. The van der Waals surface area contributed by atoms with Crippen molar-refractivity contribution < 1.29 is 0 Å². The molecule has 0 saturated carbocycles. The van der Waals surface area contributed by atoms with Gasteiger partial charge in [0.2, 0.25) is 0 Å². The standard InChI is InChI=1S/C22H33N5.HI/c1-23-22(26(3)18-21-8-7-13-25(21)2)24-16-19-9-11-20(12-10-19)17-27-14-5-4-6-15-27;/h7-13H,4-6,14-18H2,1-3H3,(H,23,24);1H. The lowest BCUT2D eigenvalue weighted by Gasteiger charge is -2.26. The number of likely N-dealkylation sites (tertiary alicyclic amines) is 1. The summed E-state index contributed by atoms with van der Waals surface area (Å²) in [5.74, 6) is 0.911. The summed E-state index contributed by atoms with van der Waals surface area (Å²) in [7, 11) is 5.99. The van der Waals surface area contributed by atoms with Crippen molar-refractivity contribution in [3.05, 3.63) is 59.4 Å². The number of rotatable bonds is 6. The van der Waals surface area contributed by atoms with E-state index in [9.17, 15) is 0 Å². The molecule has 1 N–H and O–H groups in total. The summed E-state index contributed by atoms with van der Waals surface area (Å²) in [5.41, 5.74) is 3.96. The van der Waals surface area contributed by atoms with E-state index in [2.05, 4.69) is 81.4 Å². The quantitative estimate of drug-likeness (QED) is 0.376. The molecule has 1 aromatic heterocycles. The molecule has 0 radical (unpaired) electrons. The van der Waals surface area contributed by atoms with Gasteiger partial charge in [0.1, 0.15) is 0 Å². The third kappa shape index (κ3) is 6.51. The van der Waals surface area contributed by atoms with Crippen LogP contribution in [0.3, 0.4) is 0 Å². The molecule has 6 heteroatoms. The van der Waals surface area contributed by atoms with Crippen LogP contribution < -0.4 is 5.32 Å². The summed E-state index contributed by atoms with van der Waals surface area (Å²) in [5, 5.41) is 3.47. The topological polar surface area (TPSA) is 35.8 Å². The van der Waals surface area contributed by atoms with Crippen LogP contribution in [0.25, 0.3) is 0 Å². The minimum Gasteiger partial charge on any atom is -0.353 e. The fraction of sp³-hybridized carbons (Fsp3) is 0.500. The van der Waals surface area contributed by atoms with E-state index in [1.54, 1.807) is 0 Å². The summed E-state index contributed by atoms with van der Waals surface area (Å²) >= 11 is 0. The maximum atomic E-state index is 4.42. The Kier molecular flexibility index (Phi) is 9.31. The molecule has 0 aliphatic carbocycles. The van der Waals surface area contributed by atoms with E-state index in [1.807, 2.05) is 7.05 Å². The molecule has 3 rings (SSSR count). The van der Waals surface area contributed by atoms with Gasteiger partial charge >= 0.3 is 0 Å². The van der Waals surface area contributed by atoms with Gasteiger partial charge in [0.05, 0.1) is 6.54 Å². The fourth-order valence-electron chi connectivity index (χ4n) is 3.68. The minimum absolute atomic E-state index is 0. The van der Waals surface area contributed by atoms with Gasteiger partial charge in [0, 0.05) is 46.1 Å². The Hall–Kier alpha value is -1.54. The van der Waals surface area contributed by atoms with Crippen LogP contribution >= 0.6 is 24.0 Å². The zero-order valence-electron chi connectivity index (χ0n) is 17.4. The molecule has 2 heterocycles. The Balaban J connectivity index is 0.00000280. The molecule has 0 atom stereocenters. The number of benzene rings is 1. The molecule has 1 aliphatic rings. The predicted octanol–water partition coefficient (Wildman–Crippen LogP) is 3.84. The fourth-order valence-corrected chi connectivity index (χ4v) is 3.68. The van der Waals surface area contributed by atoms with Crippen molar-refractivity contribution in [2.75, 3.05) is 27.2 Å². The van der Waals surface area contributed by atoms with Gasteiger partial charge in [-0.2, -0.15) is 0 Å². The van der Waals surface area contributed by atoms with E-state index in [0.717, 1.165) is 25.6 Å². The van der Waals surface area contributed by atoms with E-state index in [4.69, 9.17) is 0 Å². The highest BCUT2D eigenvalue weighted by atomic mass is 127. The lowest BCUT2D eigenvalue weighted by molar-refractivity contribution is 0.221. The van der Waals surface area contributed by atoms with Gasteiger partial charge in [0.15, 0.2) is 5.96 Å². The summed E-state index contributed by atoms with van der Waals surface area (Å²) in [6, 6.07) is 13.2. The van der Waals surface area contributed by atoms with Crippen LogP contribution in [0.2, 0.25) is 0 Å². The van der Waals surface area contributed by atoms with Gasteiger partial charge in [-0.05, 0) is 49.2 Å². The summed E-state index contributed by atoms with van der Waals surface area (Å²) < 4.78 is 2.14. The molecule has 0 amide bonds. The molecule has 154 valence electrons. The van der Waals surface area contributed by atoms with Gasteiger partial charge in [-0.25, -0.2) is 0 Å². The Morgan fingerprint density at radius 2 is 1.75 bits per heavy atom. The van der Waals surface area contributed by atoms with Crippen molar-refractivity contribution in [1.29, 1.82) is 0 Å². The first-order valence-electron chi connectivity index (χ1n) is 9.98. The SMILES string of the molecule is CN=C(NCc1ccc(CN2CCCCC2)cc1)N(C)Cc1cccn1C.I. The van der Waals surface area contributed by atoms with Gasteiger partial charge in [-0.3, -0.25) is 9.89 Å². The minimum atomic E-state index is 0.